The summed E-state index contributed by atoms with van der Waals surface area (Å²) in [7, 11) is 1.64. The van der Waals surface area contributed by atoms with Gasteiger partial charge in [0.05, 0.1) is 35.2 Å². The van der Waals surface area contributed by atoms with E-state index in [-0.39, 0.29) is 18.3 Å². The van der Waals surface area contributed by atoms with Gasteiger partial charge in [0, 0.05) is 26.2 Å². The summed E-state index contributed by atoms with van der Waals surface area (Å²) < 4.78 is 13.0. The van der Waals surface area contributed by atoms with Gasteiger partial charge in [0.25, 0.3) is 5.91 Å². The predicted octanol–water partition coefficient (Wildman–Crippen LogP) is 4.62. The highest BCUT2D eigenvalue weighted by Crippen LogP contribution is 2.37. The monoisotopic (exact) mass is 504 g/mol. The zero-order valence-corrected chi connectivity index (χ0v) is 20.9. The molecule has 1 saturated heterocycles. The molecule has 10 heteroatoms. The van der Waals surface area contributed by atoms with Crippen molar-refractivity contribution in [3.63, 3.8) is 0 Å². The number of aryl methyl sites for hydroxylation is 1. The van der Waals surface area contributed by atoms with Crippen LogP contribution in [0.4, 0.5) is 5.13 Å². The molecule has 5 rings (SSSR count). The first-order chi connectivity index (χ1) is 15.6. The van der Waals surface area contributed by atoms with E-state index in [1.165, 1.54) is 22.7 Å². The lowest BCUT2D eigenvalue weighted by atomic mass is 10.2. The highest BCUT2D eigenvalue weighted by atomic mass is 35.5. The number of anilines is 1. The van der Waals surface area contributed by atoms with Gasteiger partial charge in [-0.05, 0) is 30.7 Å². The summed E-state index contributed by atoms with van der Waals surface area (Å²) in [5.74, 6) is 0.601. The van der Waals surface area contributed by atoms with Gasteiger partial charge in [0.15, 0.2) is 10.1 Å². The summed E-state index contributed by atoms with van der Waals surface area (Å²) in [5, 5.41) is 1.15. The van der Waals surface area contributed by atoms with Crippen LogP contribution in [0.1, 0.15) is 15.4 Å². The standard InChI is InChI=1S/C23H24N4O3S2.ClH/c1-15-7-8-17(29-2)19-20(15)32-23(25-19)27(10-9-26-11-13-30-14-12-26)22(28)21-24-16-5-3-4-6-18(16)31-21;/h3-8H,9-14H2,1-2H3;1H. The van der Waals surface area contributed by atoms with Crippen LogP contribution in [0.25, 0.3) is 20.4 Å². The second-order valence-electron chi connectivity index (χ2n) is 7.66. The number of thiazole rings is 2. The summed E-state index contributed by atoms with van der Waals surface area (Å²) >= 11 is 2.95. The van der Waals surface area contributed by atoms with Crippen molar-refractivity contribution in [2.24, 2.45) is 0 Å². The van der Waals surface area contributed by atoms with E-state index in [9.17, 15) is 4.79 Å². The molecule has 2 aromatic carbocycles. The molecule has 3 heterocycles. The summed E-state index contributed by atoms with van der Waals surface area (Å²) in [5.41, 5.74) is 2.75. The lowest BCUT2D eigenvalue weighted by Crippen LogP contribution is -2.43. The van der Waals surface area contributed by atoms with Gasteiger partial charge in [-0.25, -0.2) is 9.97 Å². The van der Waals surface area contributed by atoms with E-state index in [0.717, 1.165) is 58.8 Å². The quantitative estimate of drug-likeness (QED) is 0.381. The molecule has 1 aliphatic heterocycles. The minimum atomic E-state index is -0.116. The fraction of sp³-hybridized carbons (Fsp3) is 0.348. The number of para-hydroxylation sites is 1. The number of rotatable bonds is 6. The van der Waals surface area contributed by atoms with Crippen molar-refractivity contribution in [1.82, 2.24) is 14.9 Å². The van der Waals surface area contributed by atoms with Crippen molar-refractivity contribution < 1.29 is 14.3 Å². The molecule has 174 valence electrons. The first kappa shape index (κ1) is 23.8. The average molecular weight is 505 g/mol. The zero-order chi connectivity index (χ0) is 22.1. The van der Waals surface area contributed by atoms with E-state index in [1.807, 2.05) is 36.4 Å². The normalized spacial score (nSPS) is 14.4. The van der Waals surface area contributed by atoms with Crippen molar-refractivity contribution >= 4 is 66.6 Å². The Kier molecular flexibility index (Phi) is 7.45. The molecule has 2 aromatic heterocycles. The molecule has 0 bridgehead atoms. The van der Waals surface area contributed by atoms with E-state index < -0.39 is 0 Å². The third kappa shape index (κ3) is 4.83. The average Bonchev–Trinajstić information content (AvgIpc) is 3.45. The van der Waals surface area contributed by atoms with Crippen LogP contribution in [-0.2, 0) is 4.74 Å². The SMILES string of the molecule is COc1ccc(C)c2sc(N(CCN3CCOCC3)C(=O)c3nc4ccccc4s3)nc12.Cl. The Labute approximate surface area is 206 Å². The molecule has 4 aromatic rings. The van der Waals surface area contributed by atoms with Crippen LogP contribution < -0.4 is 9.64 Å². The van der Waals surface area contributed by atoms with Crippen LogP contribution in [0.5, 0.6) is 5.75 Å². The number of aromatic nitrogens is 2. The van der Waals surface area contributed by atoms with Crippen LogP contribution in [-0.4, -0.2) is 67.3 Å². The van der Waals surface area contributed by atoms with E-state index in [4.69, 9.17) is 14.5 Å². The fourth-order valence-electron chi connectivity index (χ4n) is 3.81. The number of fused-ring (bicyclic) bond motifs is 2. The number of morpholine rings is 1. The van der Waals surface area contributed by atoms with Crippen LogP contribution in [0.3, 0.4) is 0 Å². The van der Waals surface area contributed by atoms with Gasteiger partial charge in [0.1, 0.15) is 11.3 Å². The first-order valence-corrected chi connectivity index (χ1v) is 12.2. The third-order valence-corrected chi connectivity index (χ3v) is 7.85. The Morgan fingerprint density at radius 2 is 1.94 bits per heavy atom. The van der Waals surface area contributed by atoms with Crippen LogP contribution >= 0.6 is 35.1 Å². The molecule has 0 atom stereocenters. The lowest BCUT2D eigenvalue weighted by Gasteiger charge is -2.28. The highest BCUT2D eigenvalue weighted by Gasteiger charge is 2.26. The molecular formula is C23H25ClN4O3S2. The largest absolute Gasteiger partial charge is 0.494 e. The molecule has 1 aliphatic rings. The maximum absolute atomic E-state index is 13.7. The predicted molar refractivity (Wildman–Crippen MR) is 137 cm³/mol. The molecular weight excluding hydrogens is 480 g/mol. The number of halogens is 1. The topological polar surface area (TPSA) is 67.8 Å². The molecule has 0 unspecified atom stereocenters. The van der Waals surface area contributed by atoms with Crippen LogP contribution in [0.15, 0.2) is 36.4 Å². The Hall–Kier alpha value is -2.30. The molecule has 7 nitrogen and oxygen atoms in total. The van der Waals surface area contributed by atoms with Gasteiger partial charge >= 0.3 is 0 Å². The molecule has 0 saturated carbocycles. The van der Waals surface area contributed by atoms with E-state index in [2.05, 4.69) is 16.8 Å². The number of ether oxygens (including phenoxy) is 2. The Morgan fingerprint density at radius 3 is 2.70 bits per heavy atom. The molecule has 0 spiro atoms. The molecule has 1 fully saturated rings. The Balaban J connectivity index is 0.00000259. The van der Waals surface area contributed by atoms with Gasteiger partial charge < -0.3 is 9.47 Å². The lowest BCUT2D eigenvalue weighted by molar-refractivity contribution is 0.0391. The van der Waals surface area contributed by atoms with Crippen LogP contribution in [0.2, 0.25) is 0 Å². The van der Waals surface area contributed by atoms with Crippen molar-refractivity contribution in [3.8, 4) is 5.75 Å². The smallest absolute Gasteiger partial charge is 0.289 e. The Bertz CT molecular complexity index is 1240. The summed E-state index contributed by atoms with van der Waals surface area (Å²) in [6, 6.07) is 11.8. The Morgan fingerprint density at radius 1 is 1.15 bits per heavy atom. The number of nitrogens with zero attached hydrogens (tertiary/aromatic N) is 4. The minimum Gasteiger partial charge on any atom is -0.494 e. The number of carbonyl (C=O) groups excluding carboxylic acids is 1. The number of methoxy groups -OCH3 is 1. The first-order valence-electron chi connectivity index (χ1n) is 10.6. The maximum Gasteiger partial charge on any atom is 0.289 e. The van der Waals surface area contributed by atoms with Crippen molar-refractivity contribution in [2.75, 3.05) is 51.4 Å². The highest BCUT2D eigenvalue weighted by molar-refractivity contribution is 7.23. The van der Waals surface area contributed by atoms with Gasteiger partial charge in [-0.3, -0.25) is 14.6 Å². The number of carbonyl (C=O) groups is 1. The summed E-state index contributed by atoms with van der Waals surface area (Å²) in [6.45, 7) is 6.54. The number of hydrogen-bond donors (Lipinski definition) is 0. The zero-order valence-electron chi connectivity index (χ0n) is 18.4. The number of amides is 1. The fourth-order valence-corrected chi connectivity index (χ4v) is 5.80. The number of hydrogen-bond acceptors (Lipinski definition) is 8. The summed E-state index contributed by atoms with van der Waals surface area (Å²) in [4.78, 5) is 27.2. The van der Waals surface area contributed by atoms with Crippen molar-refractivity contribution in [2.45, 2.75) is 6.92 Å². The minimum absolute atomic E-state index is 0. The van der Waals surface area contributed by atoms with Gasteiger partial charge in [-0.15, -0.1) is 23.7 Å². The molecule has 33 heavy (non-hydrogen) atoms. The molecule has 1 amide bonds. The number of benzene rings is 2. The summed E-state index contributed by atoms with van der Waals surface area (Å²) in [6.07, 6.45) is 0. The molecule has 0 radical (unpaired) electrons. The van der Waals surface area contributed by atoms with Crippen LogP contribution in [0, 0.1) is 6.92 Å². The van der Waals surface area contributed by atoms with E-state index >= 15 is 0 Å². The van der Waals surface area contributed by atoms with Crippen molar-refractivity contribution in [1.29, 1.82) is 0 Å². The molecule has 0 aliphatic carbocycles. The van der Waals surface area contributed by atoms with Gasteiger partial charge in [-0.2, -0.15) is 0 Å². The van der Waals surface area contributed by atoms with Gasteiger partial charge in [0.2, 0.25) is 0 Å². The second-order valence-corrected chi connectivity index (χ2v) is 9.66. The van der Waals surface area contributed by atoms with Crippen molar-refractivity contribution in [3.05, 3.63) is 47.0 Å². The third-order valence-electron chi connectivity index (χ3n) is 5.61. The second kappa shape index (κ2) is 10.3. The van der Waals surface area contributed by atoms with E-state index in [0.29, 0.717) is 22.4 Å². The van der Waals surface area contributed by atoms with E-state index in [1.54, 1.807) is 12.0 Å². The van der Waals surface area contributed by atoms with Gasteiger partial charge in [-0.1, -0.05) is 29.5 Å². The maximum atomic E-state index is 13.7. The molecule has 0 N–H and O–H groups in total.